The highest BCUT2D eigenvalue weighted by molar-refractivity contribution is 5.28. The Balaban J connectivity index is 1.56. The molecular weight excluding hydrogens is 214 g/mol. The molecule has 0 amide bonds. The molecule has 0 atom stereocenters. The second-order valence-electron chi connectivity index (χ2n) is 4.54. The van der Waals surface area contributed by atoms with Gasteiger partial charge in [0.25, 0.3) is 0 Å². The van der Waals surface area contributed by atoms with Crippen LogP contribution in [0.15, 0.2) is 24.3 Å². The molecule has 17 heavy (non-hydrogen) atoms. The summed E-state index contributed by atoms with van der Waals surface area (Å²) in [5, 5.41) is 0. The zero-order valence-corrected chi connectivity index (χ0v) is 10.2. The summed E-state index contributed by atoms with van der Waals surface area (Å²) in [6.45, 7) is 2.70. The molecule has 0 aliphatic heterocycles. The van der Waals surface area contributed by atoms with E-state index in [0.717, 1.165) is 23.8 Å². The summed E-state index contributed by atoms with van der Waals surface area (Å²) >= 11 is 0. The van der Waals surface area contributed by atoms with Crippen molar-refractivity contribution < 1.29 is 9.47 Å². The standard InChI is InChI=1S/C14H21NO2/c15-11-13-2-1-3-14(10-13)17-9-8-16-7-6-12-4-5-12/h1-3,10,12H,4-9,11,15H2. The second-order valence-corrected chi connectivity index (χ2v) is 4.54. The van der Waals surface area contributed by atoms with Crippen LogP contribution in [0.4, 0.5) is 0 Å². The van der Waals surface area contributed by atoms with Crippen LogP contribution in [-0.4, -0.2) is 19.8 Å². The molecule has 0 radical (unpaired) electrons. The van der Waals surface area contributed by atoms with Gasteiger partial charge in [0.1, 0.15) is 12.4 Å². The molecule has 0 saturated heterocycles. The summed E-state index contributed by atoms with van der Waals surface area (Å²) in [6.07, 6.45) is 4.00. The van der Waals surface area contributed by atoms with Gasteiger partial charge in [-0.15, -0.1) is 0 Å². The van der Waals surface area contributed by atoms with E-state index in [1.165, 1.54) is 19.3 Å². The molecule has 1 aromatic rings. The average Bonchev–Trinajstić information content (AvgIpc) is 3.18. The van der Waals surface area contributed by atoms with E-state index in [1.807, 2.05) is 24.3 Å². The van der Waals surface area contributed by atoms with E-state index in [-0.39, 0.29) is 0 Å². The Morgan fingerprint density at radius 2 is 2.06 bits per heavy atom. The van der Waals surface area contributed by atoms with Crippen molar-refractivity contribution in [3.63, 3.8) is 0 Å². The highest BCUT2D eigenvalue weighted by Crippen LogP contribution is 2.31. The van der Waals surface area contributed by atoms with Crippen molar-refractivity contribution in [3.8, 4) is 5.75 Å². The molecule has 3 heteroatoms. The number of benzene rings is 1. The van der Waals surface area contributed by atoms with Crippen molar-refractivity contribution >= 4 is 0 Å². The topological polar surface area (TPSA) is 44.5 Å². The Labute approximate surface area is 103 Å². The van der Waals surface area contributed by atoms with Crippen LogP contribution in [0.2, 0.25) is 0 Å². The Morgan fingerprint density at radius 1 is 1.18 bits per heavy atom. The van der Waals surface area contributed by atoms with Crippen LogP contribution in [0.25, 0.3) is 0 Å². The van der Waals surface area contributed by atoms with Gasteiger partial charge in [-0.2, -0.15) is 0 Å². The minimum Gasteiger partial charge on any atom is -0.491 e. The molecule has 2 rings (SSSR count). The first-order valence-corrected chi connectivity index (χ1v) is 6.38. The molecule has 1 aromatic carbocycles. The van der Waals surface area contributed by atoms with Crippen molar-refractivity contribution in [2.24, 2.45) is 11.7 Å². The molecule has 1 saturated carbocycles. The quantitative estimate of drug-likeness (QED) is 0.703. The first-order valence-electron chi connectivity index (χ1n) is 6.38. The molecule has 0 bridgehead atoms. The number of hydrogen-bond donors (Lipinski definition) is 1. The minimum atomic E-state index is 0.551. The van der Waals surface area contributed by atoms with Crippen LogP contribution in [0.1, 0.15) is 24.8 Å². The van der Waals surface area contributed by atoms with E-state index in [2.05, 4.69) is 0 Å². The summed E-state index contributed by atoms with van der Waals surface area (Å²) in [5.41, 5.74) is 6.66. The summed E-state index contributed by atoms with van der Waals surface area (Å²) < 4.78 is 11.1. The number of rotatable bonds is 8. The smallest absolute Gasteiger partial charge is 0.119 e. The fourth-order valence-electron chi connectivity index (χ4n) is 1.74. The van der Waals surface area contributed by atoms with E-state index in [1.54, 1.807) is 0 Å². The SMILES string of the molecule is NCc1cccc(OCCOCCC2CC2)c1. The lowest BCUT2D eigenvalue weighted by Gasteiger charge is -2.08. The lowest BCUT2D eigenvalue weighted by atomic mass is 10.2. The van der Waals surface area contributed by atoms with Crippen LogP contribution >= 0.6 is 0 Å². The van der Waals surface area contributed by atoms with Crippen LogP contribution < -0.4 is 10.5 Å². The Morgan fingerprint density at radius 3 is 2.82 bits per heavy atom. The van der Waals surface area contributed by atoms with E-state index < -0.39 is 0 Å². The van der Waals surface area contributed by atoms with Crippen LogP contribution in [0.5, 0.6) is 5.75 Å². The Kier molecular flexibility index (Phi) is 4.83. The van der Waals surface area contributed by atoms with Crippen molar-refractivity contribution in [3.05, 3.63) is 29.8 Å². The minimum absolute atomic E-state index is 0.551. The van der Waals surface area contributed by atoms with Gasteiger partial charge >= 0.3 is 0 Å². The normalized spacial score (nSPS) is 14.9. The van der Waals surface area contributed by atoms with Gasteiger partial charge in [0.15, 0.2) is 0 Å². The Hall–Kier alpha value is -1.06. The van der Waals surface area contributed by atoms with Gasteiger partial charge in [-0.25, -0.2) is 0 Å². The molecule has 94 valence electrons. The van der Waals surface area contributed by atoms with Gasteiger partial charge < -0.3 is 15.2 Å². The molecule has 1 aliphatic rings. The average molecular weight is 235 g/mol. The predicted octanol–water partition coefficient (Wildman–Crippen LogP) is 2.34. The van der Waals surface area contributed by atoms with Gasteiger partial charge in [-0.3, -0.25) is 0 Å². The highest BCUT2D eigenvalue weighted by atomic mass is 16.5. The molecule has 0 aromatic heterocycles. The molecule has 1 fully saturated rings. The van der Waals surface area contributed by atoms with Gasteiger partial charge in [0, 0.05) is 13.2 Å². The largest absolute Gasteiger partial charge is 0.491 e. The summed E-state index contributed by atoms with van der Waals surface area (Å²) in [4.78, 5) is 0. The van der Waals surface area contributed by atoms with Crippen molar-refractivity contribution in [2.45, 2.75) is 25.8 Å². The fraction of sp³-hybridized carbons (Fsp3) is 0.571. The first-order chi connectivity index (χ1) is 8.38. The van der Waals surface area contributed by atoms with Gasteiger partial charge in [-0.05, 0) is 30.0 Å². The second kappa shape index (κ2) is 6.62. The third-order valence-corrected chi connectivity index (χ3v) is 3.00. The molecule has 1 aliphatic carbocycles. The third kappa shape index (κ3) is 4.75. The van der Waals surface area contributed by atoms with E-state index >= 15 is 0 Å². The van der Waals surface area contributed by atoms with Gasteiger partial charge in [-0.1, -0.05) is 25.0 Å². The highest BCUT2D eigenvalue weighted by Gasteiger charge is 2.20. The van der Waals surface area contributed by atoms with Crippen LogP contribution in [0, 0.1) is 5.92 Å². The molecule has 2 N–H and O–H groups in total. The van der Waals surface area contributed by atoms with E-state index in [0.29, 0.717) is 19.8 Å². The maximum Gasteiger partial charge on any atom is 0.119 e. The van der Waals surface area contributed by atoms with E-state index in [4.69, 9.17) is 15.2 Å². The monoisotopic (exact) mass is 235 g/mol. The zero-order valence-electron chi connectivity index (χ0n) is 10.2. The Bertz CT molecular complexity index is 337. The van der Waals surface area contributed by atoms with Gasteiger partial charge in [0.2, 0.25) is 0 Å². The lowest BCUT2D eigenvalue weighted by molar-refractivity contribution is 0.0958. The summed E-state index contributed by atoms with van der Waals surface area (Å²) in [6, 6.07) is 7.89. The van der Waals surface area contributed by atoms with Crippen molar-refractivity contribution in [2.75, 3.05) is 19.8 Å². The van der Waals surface area contributed by atoms with E-state index in [9.17, 15) is 0 Å². The lowest BCUT2D eigenvalue weighted by Crippen LogP contribution is -2.08. The molecule has 0 unspecified atom stereocenters. The molecule has 3 nitrogen and oxygen atoms in total. The number of hydrogen-bond acceptors (Lipinski definition) is 3. The maximum atomic E-state index is 5.59. The van der Waals surface area contributed by atoms with Gasteiger partial charge in [0.05, 0.1) is 6.61 Å². The predicted molar refractivity (Wildman–Crippen MR) is 68.0 cm³/mol. The van der Waals surface area contributed by atoms with Crippen molar-refractivity contribution in [1.29, 1.82) is 0 Å². The molecule has 0 spiro atoms. The summed E-state index contributed by atoms with van der Waals surface area (Å²) in [7, 11) is 0. The fourth-order valence-corrected chi connectivity index (χ4v) is 1.74. The molecule has 0 heterocycles. The summed E-state index contributed by atoms with van der Waals surface area (Å²) in [5.74, 6) is 1.82. The van der Waals surface area contributed by atoms with Crippen LogP contribution in [0.3, 0.4) is 0 Å². The number of ether oxygens (including phenoxy) is 2. The zero-order chi connectivity index (χ0) is 11.9. The van der Waals surface area contributed by atoms with Crippen molar-refractivity contribution in [1.82, 2.24) is 0 Å². The third-order valence-electron chi connectivity index (χ3n) is 3.00. The maximum absolute atomic E-state index is 5.59. The number of nitrogens with two attached hydrogens (primary N) is 1. The molecular formula is C14H21NO2. The van der Waals surface area contributed by atoms with Crippen LogP contribution in [-0.2, 0) is 11.3 Å². The first kappa shape index (κ1) is 12.4.